The summed E-state index contributed by atoms with van der Waals surface area (Å²) in [6.45, 7) is 4.30. The molecule has 0 aliphatic rings. The Bertz CT molecular complexity index is 528. The first-order chi connectivity index (χ1) is 8.59. The van der Waals surface area contributed by atoms with Crippen molar-refractivity contribution in [3.63, 3.8) is 0 Å². The third-order valence-electron chi connectivity index (χ3n) is 3.37. The molecule has 0 amide bonds. The molecule has 0 bridgehead atoms. The lowest BCUT2D eigenvalue weighted by Gasteiger charge is -2.17. The first-order valence-corrected chi connectivity index (χ1v) is 6.94. The topological polar surface area (TPSA) is 26.0 Å². The van der Waals surface area contributed by atoms with E-state index in [4.69, 9.17) is 5.73 Å². The average molecular weight is 304 g/mol. The van der Waals surface area contributed by atoms with Crippen molar-refractivity contribution in [3.8, 4) is 0 Å². The van der Waals surface area contributed by atoms with Crippen LogP contribution >= 0.6 is 15.9 Å². The van der Waals surface area contributed by atoms with Crippen molar-refractivity contribution >= 4 is 15.9 Å². The van der Waals surface area contributed by atoms with Crippen LogP contribution in [-0.2, 0) is 6.42 Å². The summed E-state index contributed by atoms with van der Waals surface area (Å²) in [5.41, 5.74) is 11.5. The van der Waals surface area contributed by atoms with Gasteiger partial charge in [-0.2, -0.15) is 0 Å². The van der Waals surface area contributed by atoms with Crippen LogP contribution in [0.3, 0.4) is 0 Å². The molecule has 2 heteroatoms. The number of hydrogen-bond donors (Lipinski definition) is 1. The summed E-state index contributed by atoms with van der Waals surface area (Å²) >= 11 is 3.57. The van der Waals surface area contributed by atoms with E-state index in [9.17, 15) is 0 Å². The normalized spacial score (nSPS) is 12.4. The van der Waals surface area contributed by atoms with Crippen LogP contribution in [0, 0.1) is 13.8 Å². The fraction of sp³-hybridized carbons (Fsp3) is 0.250. The molecular weight excluding hydrogens is 286 g/mol. The lowest BCUT2D eigenvalue weighted by molar-refractivity contribution is 0.712. The molecule has 0 saturated carbocycles. The highest BCUT2D eigenvalue weighted by Gasteiger charge is 2.12. The van der Waals surface area contributed by atoms with Crippen molar-refractivity contribution in [2.45, 2.75) is 26.3 Å². The molecule has 0 saturated heterocycles. The monoisotopic (exact) mass is 303 g/mol. The van der Waals surface area contributed by atoms with Gasteiger partial charge < -0.3 is 5.73 Å². The fourth-order valence-electron chi connectivity index (χ4n) is 2.28. The van der Waals surface area contributed by atoms with Gasteiger partial charge in [0.15, 0.2) is 0 Å². The van der Waals surface area contributed by atoms with E-state index < -0.39 is 0 Å². The van der Waals surface area contributed by atoms with Gasteiger partial charge in [-0.1, -0.05) is 52.3 Å². The molecule has 2 aromatic rings. The zero-order valence-electron chi connectivity index (χ0n) is 10.8. The van der Waals surface area contributed by atoms with Crippen LogP contribution in [0.1, 0.15) is 28.3 Å². The Kier molecular flexibility index (Phi) is 4.20. The first kappa shape index (κ1) is 13.3. The number of benzene rings is 2. The van der Waals surface area contributed by atoms with Gasteiger partial charge in [0.1, 0.15) is 0 Å². The van der Waals surface area contributed by atoms with Crippen molar-refractivity contribution in [1.29, 1.82) is 0 Å². The molecule has 0 aliphatic heterocycles. The van der Waals surface area contributed by atoms with Crippen molar-refractivity contribution in [1.82, 2.24) is 0 Å². The molecule has 0 spiro atoms. The van der Waals surface area contributed by atoms with Gasteiger partial charge in [0, 0.05) is 10.5 Å². The molecule has 0 aliphatic carbocycles. The smallest absolute Gasteiger partial charge is 0.0347 e. The average Bonchev–Trinajstić information content (AvgIpc) is 2.34. The molecule has 1 unspecified atom stereocenters. The minimum absolute atomic E-state index is 0.0281. The van der Waals surface area contributed by atoms with Crippen LogP contribution in [0.25, 0.3) is 0 Å². The number of aryl methyl sites for hydroxylation is 2. The number of halogens is 1. The van der Waals surface area contributed by atoms with E-state index in [1.165, 1.54) is 22.3 Å². The molecule has 1 atom stereocenters. The van der Waals surface area contributed by atoms with Gasteiger partial charge in [-0.15, -0.1) is 0 Å². The summed E-state index contributed by atoms with van der Waals surface area (Å²) in [5.74, 6) is 0. The molecule has 0 radical (unpaired) electrons. The van der Waals surface area contributed by atoms with Gasteiger partial charge in [-0.3, -0.25) is 0 Å². The highest BCUT2D eigenvalue weighted by Crippen LogP contribution is 2.26. The predicted molar refractivity (Wildman–Crippen MR) is 80.7 cm³/mol. The molecule has 0 aromatic heterocycles. The third kappa shape index (κ3) is 2.82. The molecule has 1 nitrogen and oxygen atoms in total. The third-order valence-corrected chi connectivity index (χ3v) is 4.10. The molecule has 2 rings (SSSR count). The SMILES string of the molecule is Cc1cccc(C)c1CC(N)c1ccccc1Br. The Morgan fingerprint density at radius 1 is 1.00 bits per heavy atom. The highest BCUT2D eigenvalue weighted by molar-refractivity contribution is 9.10. The Labute approximate surface area is 117 Å². The zero-order valence-corrected chi connectivity index (χ0v) is 12.4. The van der Waals surface area contributed by atoms with E-state index >= 15 is 0 Å². The summed E-state index contributed by atoms with van der Waals surface area (Å²) in [6.07, 6.45) is 0.876. The fourth-order valence-corrected chi connectivity index (χ4v) is 2.86. The second-order valence-electron chi connectivity index (χ2n) is 4.70. The standard InChI is InChI=1S/C16H18BrN/c1-11-6-5-7-12(2)14(11)10-16(18)13-8-3-4-9-15(13)17/h3-9,16H,10,18H2,1-2H3. The van der Waals surface area contributed by atoms with Crippen molar-refractivity contribution in [3.05, 3.63) is 69.2 Å². The van der Waals surface area contributed by atoms with Gasteiger partial charge >= 0.3 is 0 Å². The van der Waals surface area contributed by atoms with Crippen molar-refractivity contribution in [2.24, 2.45) is 5.73 Å². The van der Waals surface area contributed by atoms with Crippen LogP contribution in [-0.4, -0.2) is 0 Å². The summed E-state index contributed by atoms with van der Waals surface area (Å²) in [7, 11) is 0. The van der Waals surface area contributed by atoms with E-state index in [0.717, 1.165) is 10.9 Å². The molecular formula is C16H18BrN. The molecule has 2 aromatic carbocycles. The van der Waals surface area contributed by atoms with Crippen LogP contribution < -0.4 is 5.73 Å². The van der Waals surface area contributed by atoms with E-state index in [1.54, 1.807) is 0 Å². The Morgan fingerprint density at radius 3 is 2.22 bits per heavy atom. The molecule has 18 heavy (non-hydrogen) atoms. The second-order valence-corrected chi connectivity index (χ2v) is 5.56. The largest absolute Gasteiger partial charge is 0.324 e. The lowest BCUT2D eigenvalue weighted by atomic mass is 9.93. The van der Waals surface area contributed by atoms with Gasteiger partial charge in [-0.25, -0.2) is 0 Å². The summed E-state index contributed by atoms with van der Waals surface area (Å²) < 4.78 is 1.09. The Morgan fingerprint density at radius 2 is 1.61 bits per heavy atom. The van der Waals surface area contributed by atoms with Gasteiger partial charge in [0.2, 0.25) is 0 Å². The van der Waals surface area contributed by atoms with Crippen molar-refractivity contribution < 1.29 is 0 Å². The summed E-state index contributed by atoms with van der Waals surface area (Å²) in [4.78, 5) is 0. The molecule has 0 heterocycles. The van der Waals surface area contributed by atoms with Gasteiger partial charge in [0.25, 0.3) is 0 Å². The van der Waals surface area contributed by atoms with Gasteiger partial charge in [-0.05, 0) is 48.6 Å². The van der Waals surface area contributed by atoms with Crippen LogP contribution in [0.2, 0.25) is 0 Å². The Hall–Kier alpha value is -1.12. The van der Waals surface area contributed by atoms with Crippen molar-refractivity contribution in [2.75, 3.05) is 0 Å². The second kappa shape index (κ2) is 5.68. The first-order valence-electron chi connectivity index (χ1n) is 6.14. The van der Waals surface area contributed by atoms with E-state index in [0.29, 0.717) is 0 Å². The lowest BCUT2D eigenvalue weighted by Crippen LogP contribution is -2.15. The number of nitrogens with two attached hydrogens (primary N) is 1. The van der Waals surface area contributed by atoms with E-state index in [-0.39, 0.29) is 6.04 Å². The molecule has 0 fully saturated rings. The van der Waals surface area contributed by atoms with E-state index in [1.807, 2.05) is 18.2 Å². The van der Waals surface area contributed by atoms with Crippen LogP contribution in [0.15, 0.2) is 46.9 Å². The predicted octanol–water partition coefficient (Wildman–Crippen LogP) is 4.31. The maximum Gasteiger partial charge on any atom is 0.0347 e. The number of rotatable bonds is 3. The maximum absolute atomic E-state index is 6.34. The molecule has 2 N–H and O–H groups in total. The summed E-state index contributed by atoms with van der Waals surface area (Å²) in [5, 5.41) is 0. The zero-order chi connectivity index (χ0) is 13.1. The minimum atomic E-state index is 0.0281. The van der Waals surface area contributed by atoms with E-state index in [2.05, 4.69) is 54.0 Å². The number of hydrogen-bond acceptors (Lipinski definition) is 1. The van der Waals surface area contributed by atoms with Crippen LogP contribution in [0.4, 0.5) is 0 Å². The Balaban J connectivity index is 2.27. The minimum Gasteiger partial charge on any atom is -0.324 e. The van der Waals surface area contributed by atoms with Crippen LogP contribution in [0.5, 0.6) is 0 Å². The summed E-state index contributed by atoms with van der Waals surface area (Å²) in [6, 6.07) is 14.6. The molecule has 94 valence electrons. The quantitative estimate of drug-likeness (QED) is 0.898. The van der Waals surface area contributed by atoms with Gasteiger partial charge in [0.05, 0.1) is 0 Å². The maximum atomic E-state index is 6.34. The highest BCUT2D eigenvalue weighted by atomic mass is 79.9.